The molecule has 2 aliphatic rings. The minimum Gasteiger partial charge on any atom is -0.294 e. The molecule has 1 saturated heterocycles. The Labute approximate surface area is 144 Å². The minimum absolute atomic E-state index is 0.0844. The minimum atomic E-state index is -0.132. The fraction of sp³-hybridized carbons (Fsp3) is 0.562. The second-order valence-corrected chi connectivity index (χ2v) is 8.10. The highest BCUT2D eigenvalue weighted by atomic mass is 32.2. The average Bonchev–Trinajstić information content (AvgIpc) is 3.29. The van der Waals surface area contributed by atoms with E-state index in [1.54, 1.807) is 23.1 Å². The first-order valence-electron chi connectivity index (χ1n) is 8.22. The number of aryl methyl sites for hydroxylation is 1. The largest absolute Gasteiger partial charge is 0.294 e. The number of aromatic nitrogens is 3. The van der Waals surface area contributed by atoms with Gasteiger partial charge in [0.1, 0.15) is 5.25 Å². The summed E-state index contributed by atoms with van der Waals surface area (Å²) in [4.78, 5) is 21.2. The summed E-state index contributed by atoms with van der Waals surface area (Å²) in [7, 11) is 0. The van der Waals surface area contributed by atoms with Gasteiger partial charge in [0.05, 0.1) is 6.04 Å². The van der Waals surface area contributed by atoms with E-state index in [9.17, 15) is 4.79 Å². The summed E-state index contributed by atoms with van der Waals surface area (Å²) in [6.45, 7) is 4.16. The van der Waals surface area contributed by atoms with E-state index < -0.39 is 0 Å². The summed E-state index contributed by atoms with van der Waals surface area (Å²) < 4.78 is 1.53. The number of likely N-dealkylation sites (tertiary alicyclic amines) is 1. The van der Waals surface area contributed by atoms with Gasteiger partial charge < -0.3 is 0 Å². The highest BCUT2D eigenvalue weighted by Crippen LogP contribution is 2.42. The molecule has 0 N–H and O–H groups in total. The molecule has 0 radical (unpaired) electrons. The monoisotopic (exact) mass is 348 g/mol. The third-order valence-electron chi connectivity index (χ3n) is 4.53. The number of carbonyl (C=O) groups is 1. The SMILES string of the molecule is CCc1nc2n(n1)C(=O)C(C(c1cccs1)N1CCCCC1)S2. The second kappa shape index (κ2) is 6.37. The zero-order valence-corrected chi connectivity index (χ0v) is 14.8. The van der Waals surface area contributed by atoms with E-state index in [-0.39, 0.29) is 17.2 Å². The van der Waals surface area contributed by atoms with E-state index in [4.69, 9.17) is 0 Å². The van der Waals surface area contributed by atoms with Crippen molar-refractivity contribution in [3.8, 4) is 0 Å². The van der Waals surface area contributed by atoms with Gasteiger partial charge in [-0.25, -0.2) is 4.98 Å². The van der Waals surface area contributed by atoms with E-state index in [0.717, 1.165) is 30.5 Å². The Morgan fingerprint density at radius 1 is 1.35 bits per heavy atom. The first kappa shape index (κ1) is 15.4. The summed E-state index contributed by atoms with van der Waals surface area (Å²) in [5.41, 5.74) is 0. The van der Waals surface area contributed by atoms with Gasteiger partial charge >= 0.3 is 0 Å². The van der Waals surface area contributed by atoms with Crippen LogP contribution in [0.5, 0.6) is 0 Å². The quantitative estimate of drug-likeness (QED) is 0.849. The highest BCUT2D eigenvalue weighted by Gasteiger charge is 2.43. The summed E-state index contributed by atoms with van der Waals surface area (Å²) in [5.74, 6) is 0.839. The second-order valence-electron chi connectivity index (χ2n) is 6.01. The molecule has 0 bridgehead atoms. The number of hydrogen-bond acceptors (Lipinski definition) is 6. The number of nitrogens with zero attached hydrogens (tertiary/aromatic N) is 4. The Kier molecular flexibility index (Phi) is 4.26. The van der Waals surface area contributed by atoms with E-state index in [1.807, 2.05) is 6.92 Å². The first-order chi connectivity index (χ1) is 11.3. The molecule has 4 heterocycles. The lowest BCUT2D eigenvalue weighted by atomic mass is 10.0. The smallest absolute Gasteiger partial charge is 0.264 e. The van der Waals surface area contributed by atoms with Crippen LogP contribution in [0, 0.1) is 0 Å². The van der Waals surface area contributed by atoms with Crippen molar-refractivity contribution in [3.63, 3.8) is 0 Å². The molecule has 7 heteroatoms. The lowest BCUT2D eigenvalue weighted by molar-refractivity contribution is 0.0821. The van der Waals surface area contributed by atoms with Crippen molar-refractivity contribution in [2.75, 3.05) is 13.1 Å². The van der Waals surface area contributed by atoms with Crippen LogP contribution in [0.25, 0.3) is 0 Å². The maximum atomic E-state index is 12.9. The lowest BCUT2D eigenvalue weighted by Gasteiger charge is -2.36. The molecule has 0 aliphatic carbocycles. The molecule has 0 saturated carbocycles. The molecule has 5 nitrogen and oxygen atoms in total. The highest BCUT2D eigenvalue weighted by molar-refractivity contribution is 8.01. The standard InChI is InChI=1S/C16H20N4OS2/c1-2-12-17-16-20(18-12)15(21)14(23-16)13(11-7-6-10-22-11)19-8-4-3-5-9-19/h6-7,10,13-14H,2-5,8-9H2,1H3. The molecule has 2 aliphatic heterocycles. The molecule has 2 aromatic rings. The number of piperidine rings is 1. The molecular formula is C16H20N4OS2. The summed E-state index contributed by atoms with van der Waals surface area (Å²) in [6, 6.07) is 4.37. The molecule has 2 atom stereocenters. The van der Waals surface area contributed by atoms with Crippen molar-refractivity contribution in [3.05, 3.63) is 28.2 Å². The van der Waals surface area contributed by atoms with Crippen LogP contribution in [0.1, 0.15) is 47.7 Å². The van der Waals surface area contributed by atoms with Gasteiger partial charge in [-0.2, -0.15) is 4.68 Å². The molecule has 2 unspecified atom stereocenters. The predicted octanol–water partition coefficient (Wildman–Crippen LogP) is 3.24. The van der Waals surface area contributed by atoms with E-state index >= 15 is 0 Å². The third kappa shape index (κ3) is 2.75. The molecule has 4 rings (SSSR count). The van der Waals surface area contributed by atoms with E-state index in [0.29, 0.717) is 0 Å². The predicted molar refractivity (Wildman–Crippen MR) is 92.2 cm³/mol. The number of carbonyl (C=O) groups excluding carboxylic acids is 1. The Bertz CT molecular complexity index is 691. The van der Waals surface area contributed by atoms with Gasteiger partial charge in [-0.15, -0.1) is 16.4 Å². The number of rotatable bonds is 4. The maximum Gasteiger partial charge on any atom is 0.264 e. The van der Waals surface area contributed by atoms with Crippen LogP contribution in [0.15, 0.2) is 22.7 Å². The van der Waals surface area contributed by atoms with Gasteiger partial charge in [-0.1, -0.05) is 31.2 Å². The number of fused-ring (bicyclic) bond motifs is 1. The van der Waals surface area contributed by atoms with Gasteiger partial charge in [-0.05, 0) is 37.4 Å². The molecule has 0 aromatic carbocycles. The van der Waals surface area contributed by atoms with Crippen LogP contribution in [-0.4, -0.2) is 43.9 Å². The lowest BCUT2D eigenvalue weighted by Crippen LogP contribution is -2.41. The van der Waals surface area contributed by atoms with Gasteiger partial charge in [0.25, 0.3) is 5.91 Å². The zero-order valence-electron chi connectivity index (χ0n) is 13.1. The first-order valence-corrected chi connectivity index (χ1v) is 9.98. The van der Waals surface area contributed by atoms with Gasteiger partial charge in [-0.3, -0.25) is 9.69 Å². The molecule has 122 valence electrons. The molecule has 0 spiro atoms. The van der Waals surface area contributed by atoms with E-state index in [2.05, 4.69) is 32.5 Å². The average molecular weight is 348 g/mol. The summed E-state index contributed by atoms with van der Waals surface area (Å²) in [6.07, 6.45) is 4.49. The molecule has 0 amide bonds. The van der Waals surface area contributed by atoms with Crippen molar-refractivity contribution in [2.45, 2.75) is 49.1 Å². The van der Waals surface area contributed by atoms with Gasteiger partial charge in [0.2, 0.25) is 0 Å². The Morgan fingerprint density at radius 3 is 2.83 bits per heavy atom. The van der Waals surface area contributed by atoms with Crippen LogP contribution < -0.4 is 0 Å². The Hall–Kier alpha value is -1.18. The molecule has 2 aromatic heterocycles. The van der Waals surface area contributed by atoms with Crippen molar-refractivity contribution >= 4 is 29.0 Å². The zero-order chi connectivity index (χ0) is 15.8. The fourth-order valence-corrected chi connectivity index (χ4v) is 5.61. The van der Waals surface area contributed by atoms with Crippen LogP contribution >= 0.6 is 23.1 Å². The molecular weight excluding hydrogens is 328 g/mol. The summed E-state index contributed by atoms with van der Waals surface area (Å²) in [5, 5.41) is 7.10. The number of thioether (sulfide) groups is 1. The van der Waals surface area contributed by atoms with Crippen molar-refractivity contribution in [1.82, 2.24) is 19.7 Å². The van der Waals surface area contributed by atoms with Crippen LogP contribution in [0.3, 0.4) is 0 Å². The topological polar surface area (TPSA) is 51.0 Å². The maximum absolute atomic E-state index is 12.9. The van der Waals surface area contributed by atoms with Crippen LogP contribution in [-0.2, 0) is 6.42 Å². The third-order valence-corrected chi connectivity index (χ3v) is 6.66. The summed E-state index contributed by atoms with van der Waals surface area (Å²) >= 11 is 3.33. The van der Waals surface area contributed by atoms with E-state index in [1.165, 1.54) is 28.8 Å². The Balaban J connectivity index is 1.65. The molecule has 1 fully saturated rings. The number of hydrogen-bond donors (Lipinski definition) is 0. The van der Waals surface area contributed by atoms with Crippen molar-refractivity contribution in [1.29, 1.82) is 0 Å². The number of thiophene rings is 1. The van der Waals surface area contributed by atoms with Crippen LogP contribution in [0.4, 0.5) is 0 Å². The Morgan fingerprint density at radius 2 is 2.17 bits per heavy atom. The fourth-order valence-electron chi connectivity index (χ4n) is 3.37. The molecule has 23 heavy (non-hydrogen) atoms. The van der Waals surface area contributed by atoms with Gasteiger partial charge in [0, 0.05) is 11.3 Å². The van der Waals surface area contributed by atoms with Gasteiger partial charge in [0.15, 0.2) is 11.0 Å². The van der Waals surface area contributed by atoms with Crippen molar-refractivity contribution < 1.29 is 4.79 Å². The normalized spacial score (nSPS) is 23.2. The van der Waals surface area contributed by atoms with Crippen molar-refractivity contribution in [2.24, 2.45) is 0 Å². The van der Waals surface area contributed by atoms with Crippen LogP contribution in [0.2, 0.25) is 0 Å².